The van der Waals surface area contributed by atoms with Gasteiger partial charge in [-0.05, 0) is 23.8 Å². The summed E-state index contributed by atoms with van der Waals surface area (Å²) >= 11 is 7.73. The lowest BCUT2D eigenvalue weighted by Gasteiger charge is -2.08. The topological polar surface area (TPSA) is 63.8 Å². The van der Waals surface area contributed by atoms with Crippen LogP contribution in [-0.4, -0.2) is 31.5 Å². The van der Waals surface area contributed by atoms with Gasteiger partial charge in [-0.1, -0.05) is 41.6 Å². The molecular weight excluding hydrogens is 332 g/mol. The van der Waals surface area contributed by atoms with Crippen molar-refractivity contribution in [3.8, 4) is 11.4 Å². The number of pyridine rings is 1. The summed E-state index contributed by atoms with van der Waals surface area (Å²) in [6, 6.07) is 11.5. The van der Waals surface area contributed by atoms with E-state index >= 15 is 0 Å². The van der Waals surface area contributed by atoms with Crippen LogP contribution in [0.5, 0.6) is 0 Å². The van der Waals surface area contributed by atoms with Gasteiger partial charge < -0.3 is 5.11 Å². The zero-order chi connectivity index (χ0) is 16.1. The summed E-state index contributed by atoms with van der Waals surface area (Å²) < 4.78 is 1.90. The molecule has 0 unspecified atom stereocenters. The third kappa shape index (κ3) is 3.72. The molecule has 7 heteroatoms. The van der Waals surface area contributed by atoms with Crippen molar-refractivity contribution in [1.29, 1.82) is 0 Å². The van der Waals surface area contributed by atoms with Gasteiger partial charge in [0.25, 0.3) is 0 Å². The fourth-order valence-electron chi connectivity index (χ4n) is 2.16. The van der Waals surface area contributed by atoms with Crippen LogP contribution in [0, 0.1) is 0 Å². The molecule has 1 aromatic carbocycles. The number of halogens is 1. The largest absolute Gasteiger partial charge is 0.395 e. The Kier molecular flexibility index (Phi) is 5.27. The summed E-state index contributed by atoms with van der Waals surface area (Å²) in [5, 5.41) is 19.3. The van der Waals surface area contributed by atoms with Crippen LogP contribution in [0.3, 0.4) is 0 Å². The molecule has 5 nitrogen and oxygen atoms in total. The van der Waals surface area contributed by atoms with E-state index < -0.39 is 0 Å². The summed E-state index contributed by atoms with van der Waals surface area (Å²) in [5.41, 5.74) is 1.92. The minimum Gasteiger partial charge on any atom is -0.395 e. The molecule has 0 spiro atoms. The van der Waals surface area contributed by atoms with Crippen LogP contribution in [-0.2, 0) is 12.3 Å². The molecule has 0 atom stereocenters. The molecule has 0 bridgehead atoms. The number of thioether (sulfide) groups is 1. The lowest BCUT2D eigenvalue weighted by Crippen LogP contribution is -2.06. The van der Waals surface area contributed by atoms with E-state index in [0.717, 1.165) is 21.3 Å². The molecule has 23 heavy (non-hydrogen) atoms. The van der Waals surface area contributed by atoms with Crippen molar-refractivity contribution in [1.82, 2.24) is 19.7 Å². The lowest BCUT2D eigenvalue weighted by atomic mass is 10.2. The maximum Gasteiger partial charge on any atom is 0.191 e. The highest BCUT2D eigenvalue weighted by Gasteiger charge is 2.14. The maximum atomic E-state index is 9.34. The van der Waals surface area contributed by atoms with E-state index in [-0.39, 0.29) is 6.61 Å². The zero-order valence-electron chi connectivity index (χ0n) is 12.3. The normalized spacial score (nSPS) is 10.9. The van der Waals surface area contributed by atoms with Crippen LogP contribution in [0.15, 0.2) is 53.9 Å². The number of aliphatic hydroxyl groups excluding tert-OH is 1. The number of aromatic nitrogens is 4. The van der Waals surface area contributed by atoms with Gasteiger partial charge in [-0.15, -0.1) is 10.2 Å². The highest BCUT2D eigenvalue weighted by Crippen LogP contribution is 2.28. The van der Waals surface area contributed by atoms with Gasteiger partial charge >= 0.3 is 0 Å². The molecular formula is C16H15ClN4OS. The fraction of sp³-hybridized carbons (Fsp3) is 0.188. The molecule has 0 aliphatic rings. The first-order chi connectivity index (χ1) is 11.3. The van der Waals surface area contributed by atoms with E-state index in [1.807, 2.05) is 41.0 Å². The van der Waals surface area contributed by atoms with Crippen LogP contribution in [0.1, 0.15) is 5.56 Å². The molecule has 2 heterocycles. The SMILES string of the molecule is OCCn1c(SCc2ccccc2Cl)nnc1-c1cccnc1. The Morgan fingerprint density at radius 1 is 1.13 bits per heavy atom. The molecule has 3 aromatic rings. The Morgan fingerprint density at radius 2 is 2.00 bits per heavy atom. The molecule has 0 amide bonds. The average Bonchev–Trinajstić information content (AvgIpc) is 2.98. The molecule has 0 aliphatic carbocycles. The van der Waals surface area contributed by atoms with Crippen molar-refractivity contribution < 1.29 is 5.11 Å². The fourth-order valence-corrected chi connectivity index (χ4v) is 3.41. The molecule has 0 aliphatic heterocycles. The van der Waals surface area contributed by atoms with Gasteiger partial charge in [-0.3, -0.25) is 9.55 Å². The number of hydrogen-bond donors (Lipinski definition) is 1. The summed E-state index contributed by atoms with van der Waals surface area (Å²) in [6.45, 7) is 0.451. The van der Waals surface area contributed by atoms with E-state index in [0.29, 0.717) is 18.1 Å². The molecule has 2 aromatic heterocycles. The van der Waals surface area contributed by atoms with Crippen molar-refractivity contribution in [2.45, 2.75) is 17.5 Å². The summed E-state index contributed by atoms with van der Waals surface area (Å²) in [6.07, 6.45) is 3.45. The van der Waals surface area contributed by atoms with Gasteiger partial charge in [0, 0.05) is 35.3 Å². The third-order valence-corrected chi connectivity index (χ3v) is 4.66. The minimum atomic E-state index is 0.0188. The second kappa shape index (κ2) is 7.59. The van der Waals surface area contributed by atoms with Gasteiger partial charge in [0.1, 0.15) is 0 Å². The lowest BCUT2D eigenvalue weighted by molar-refractivity contribution is 0.272. The second-order valence-corrected chi connectivity index (χ2v) is 6.15. The first-order valence-corrected chi connectivity index (χ1v) is 8.46. The molecule has 1 N–H and O–H groups in total. The Bertz CT molecular complexity index is 779. The van der Waals surface area contributed by atoms with Crippen molar-refractivity contribution in [2.75, 3.05) is 6.61 Å². The highest BCUT2D eigenvalue weighted by atomic mass is 35.5. The predicted molar refractivity (Wildman–Crippen MR) is 91.4 cm³/mol. The second-order valence-electron chi connectivity index (χ2n) is 4.80. The maximum absolute atomic E-state index is 9.34. The van der Waals surface area contributed by atoms with Crippen LogP contribution in [0.2, 0.25) is 5.02 Å². The third-order valence-electron chi connectivity index (χ3n) is 3.27. The Labute approximate surface area is 143 Å². The summed E-state index contributed by atoms with van der Waals surface area (Å²) in [5.74, 6) is 1.39. The molecule has 0 radical (unpaired) electrons. The van der Waals surface area contributed by atoms with E-state index in [2.05, 4.69) is 15.2 Å². The first-order valence-electron chi connectivity index (χ1n) is 7.10. The Balaban J connectivity index is 1.85. The zero-order valence-corrected chi connectivity index (χ0v) is 13.8. The van der Waals surface area contributed by atoms with Crippen LogP contribution < -0.4 is 0 Å². The Morgan fingerprint density at radius 3 is 2.74 bits per heavy atom. The number of hydrogen-bond acceptors (Lipinski definition) is 5. The van der Waals surface area contributed by atoms with Gasteiger partial charge in [0.05, 0.1) is 6.61 Å². The van der Waals surface area contributed by atoms with Gasteiger partial charge in [-0.2, -0.15) is 0 Å². The van der Waals surface area contributed by atoms with Gasteiger partial charge in [0.15, 0.2) is 11.0 Å². The van der Waals surface area contributed by atoms with Crippen molar-refractivity contribution in [3.05, 3.63) is 59.4 Å². The van der Waals surface area contributed by atoms with Crippen molar-refractivity contribution >= 4 is 23.4 Å². The predicted octanol–water partition coefficient (Wildman–Crippen LogP) is 3.28. The van der Waals surface area contributed by atoms with E-state index in [1.165, 1.54) is 0 Å². The smallest absolute Gasteiger partial charge is 0.191 e. The molecule has 0 fully saturated rings. The summed E-state index contributed by atoms with van der Waals surface area (Å²) in [4.78, 5) is 4.11. The van der Waals surface area contributed by atoms with E-state index in [1.54, 1.807) is 24.2 Å². The quantitative estimate of drug-likeness (QED) is 0.694. The molecule has 0 saturated heterocycles. The number of nitrogens with zero attached hydrogens (tertiary/aromatic N) is 4. The molecule has 0 saturated carbocycles. The summed E-state index contributed by atoms with van der Waals surface area (Å²) in [7, 11) is 0. The Hall–Kier alpha value is -1.89. The standard InChI is InChI=1S/C16H15ClN4OS/c17-14-6-2-1-4-13(14)11-23-16-20-19-15(21(16)8-9-22)12-5-3-7-18-10-12/h1-7,10,22H,8-9,11H2. The van der Waals surface area contributed by atoms with Crippen LogP contribution >= 0.6 is 23.4 Å². The van der Waals surface area contributed by atoms with E-state index in [4.69, 9.17) is 11.6 Å². The average molecular weight is 347 g/mol. The number of rotatable bonds is 6. The highest BCUT2D eigenvalue weighted by molar-refractivity contribution is 7.98. The van der Waals surface area contributed by atoms with Crippen molar-refractivity contribution in [3.63, 3.8) is 0 Å². The van der Waals surface area contributed by atoms with E-state index in [9.17, 15) is 5.11 Å². The van der Waals surface area contributed by atoms with Crippen LogP contribution in [0.4, 0.5) is 0 Å². The number of benzene rings is 1. The molecule has 3 rings (SSSR count). The van der Waals surface area contributed by atoms with Crippen molar-refractivity contribution in [2.24, 2.45) is 0 Å². The first kappa shape index (κ1) is 16.0. The van der Waals surface area contributed by atoms with Crippen LogP contribution in [0.25, 0.3) is 11.4 Å². The number of aliphatic hydroxyl groups is 1. The minimum absolute atomic E-state index is 0.0188. The van der Waals surface area contributed by atoms with Gasteiger partial charge in [-0.25, -0.2) is 0 Å². The monoisotopic (exact) mass is 346 g/mol. The van der Waals surface area contributed by atoms with Gasteiger partial charge in [0.2, 0.25) is 0 Å². The molecule has 118 valence electrons.